The molecular formula is C6H15NO4S2. The van der Waals surface area contributed by atoms with Crippen molar-refractivity contribution in [2.45, 2.75) is 20.3 Å². The third kappa shape index (κ3) is 6.97. The molecule has 0 bridgehead atoms. The van der Waals surface area contributed by atoms with Gasteiger partial charge in [-0.1, -0.05) is 20.3 Å². The van der Waals surface area contributed by atoms with Crippen molar-refractivity contribution in [3.63, 3.8) is 0 Å². The molecule has 0 aromatic carbocycles. The van der Waals surface area contributed by atoms with Crippen LogP contribution in [0.15, 0.2) is 0 Å². The third-order valence-electron chi connectivity index (χ3n) is 1.48. The summed E-state index contributed by atoms with van der Waals surface area (Å²) in [6.07, 6.45) is 1.52. The zero-order chi connectivity index (χ0) is 10.7. The Morgan fingerprint density at radius 3 is 2.00 bits per heavy atom. The average molecular weight is 229 g/mol. The van der Waals surface area contributed by atoms with Crippen LogP contribution in [0, 0.1) is 5.92 Å². The Bertz CT molecular complexity index is 343. The highest BCUT2D eigenvalue weighted by atomic mass is 32.3. The Hall–Kier alpha value is -0.140. The summed E-state index contributed by atoms with van der Waals surface area (Å²) in [7, 11) is -7.36. The number of nitrogens with one attached hydrogen (secondary N) is 1. The maximum atomic E-state index is 11.1. The van der Waals surface area contributed by atoms with Gasteiger partial charge in [-0.15, -0.1) is 4.13 Å². The summed E-state index contributed by atoms with van der Waals surface area (Å²) in [6.45, 7) is 3.60. The summed E-state index contributed by atoms with van der Waals surface area (Å²) in [5.74, 6) is -0.199. The maximum Gasteiger partial charge on any atom is 0.224 e. The highest BCUT2D eigenvalue weighted by Gasteiger charge is 2.18. The quantitative estimate of drug-likeness (QED) is 0.714. The van der Waals surface area contributed by atoms with Gasteiger partial charge >= 0.3 is 0 Å². The minimum Gasteiger partial charge on any atom is -0.212 e. The van der Waals surface area contributed by atoms with E-state index in [2.05, 4.69) is 0 Å². The Morgan fingerprint density at radius 1 is 1.23 bits per heavy atom. The molecule has 0 aromatic rings. The Balaban J connectivity index is 4.45. The lowest BCUT2D eigenvalue weighted by Gasteiger charge is -2.08. The van der Waals surface area contributed by atoms with Crippen LogP contribution in [-0.2, 0) is 20.0 Å². The van der Waals surface area contributed by atoms with Gasteiger partial charge in [0.05, 0.1) is 12.0 Å². The molecule has 0 rings (SSSR count). The Labute approximate surface area is 79.6 Å². The van der Waals surface area contributed by atoms with Crippen molar-refractivity contribution in [2.75, 3.05) is 12.0 Å². The summed E-state index contributed by atoms with van der Waals surface area (Å²) < 4.78 is 45.1. The van der Waals surface area contributed by atoms with E-state index in [-0.39, 0.29) is 11.7 Å². The lowest BCUT2D eigenvalue weighted by atomic mass is 10.2. The van der Waals surface area contributed by atoms with Crippen molar-refractivity contribution in [1.29, 1.82) is 0 Å². The second kappa shape index (κ2) is 4.39. The predicted octanol–water partition coefficient (Wildman–Crippen LogP) is -0.0885. The highest BCUT2D eigenvalue weighted by molar-refractivity contribution is 8.04. The summed E-state index contributed by atoms with van der Waals surface area (Å²) in [5.41, 5.74) is 0. The fourth-order valence-electron chi connectivity index (χ4n) is 0.757. The molecule has 0 aliphatic carbocycles. The molecule has 0 amide bonds. The molecule has 80 valence electrons. The van der Waals surface area contributed by atoms with E-state index in [4.69, 9.17) is 0 Å². The molecule has 0 saturated carbocycles. The van der Waals surface area contributed by atoms with Gasteiger partial charge in [0.1, 0.15) is 0 Å². The van der Waals surface area contributed by atoms with E-state index in [9.17, 15) is 16.8 Å². The average Bonchev–Trinajstić information content (AvgIpc) is 1.80. The third-order valence-corrected chi connectivity index (χ3v) is 4.71. The Kier molecular flexibility index (Phi) is 4.34. The SMILES string of the molecule is CCC(C)CS(=O)(=O)NS(C)(=O)=O. The van der Waals surface area contributed by atoms with Crippen molar-refractivity contribution in [2.24, 2.45) is 5.92 Å². The van der Waals surface area contributed by atoms with Crippen molar-refractivity contribution in [3.8, 4) is 0 Å². The first-order chi connectivity index (χ1) is 5.66. The van der Waals surface area contributed by atoms with Crippen LogP contribution in [0.5, 0.6) is 0 Å². The van der Waals surface area contributed by atoms with Gasteiger partial charge in [-0.2, -0.15) is 0 Å². The van der Waals surface area contributed by atoms with E-state index in [1.807, 2.05) is 6.92 Å². The van der Waals surface area contributed by atoms with Gasteiger partial charge in [0.2, 0.25) is 20.0 Å². The molecule has 0 aromatic heterocycles. The second-order valence-electron chi connectivity index (χ2n) is 3.15. The largest absolute Gasteiger partial charge is 0.224 e. The Morgan fingerprint density at radius 2 is 1.69 bits per heavy atom. The standard InChI is InChI=1S/C6H15NO4S2/c1-4-6(2)5-13(10,11)7-12(3,8)9/h6-7H,4-5H2,1-3H3. The van der Waals surface area contributed by atoms with E-state index in [0.29, 0.717) is 6.42 Å². The van der Waals surface area contributed by atoms with E-state index in [0.717, 1.165) is 6.26 Å². The van der Waals surface area contributed by atoms with Gasteiger partial charge in [-0.3, -0.25) is 0 Å². The van der Waals surface area contributed by atoms with Crippen molar-refractivity contribution in [3.05, 3.63) is 0 Å². The molecule has 7 heteroatoms. The second-order valence-corrected chi connectivity index (χ2v) is 6.92. The molecule has 0 fully saturated rings. The zero-order valence-corrected chi connectivity index (χ0v) is 9.57. The minimum absolute atomic E-state index is 0.0424. The van der Waals surface area contributed by atoms with Crippen LogP contribution in [0.25, 0.3) is 0 Å². The highest BCUT2D eigenvalue weighted by Crippen LogP contribution is 2.04. The predicted molar refractivity (Wildman–Crippen MR) is 51.2 cm³/mol. The maximum absolute atomic E-state index is 11.1. The molecule has 0 heterocycles. The van der Waals surface area contributed by atoms with Crippen LogP contribution >= 0.6 is 0 Å². The normalized spacial score (nSPS) is 15.6. The van der Waals surface area contributed by atoms with Crippen molar-refractivity contribution in [1.82, 2.24) is 4.13 Å². The van der Waals surface area contributed by atoms with Gasteiger partial charge in [0.15, 0.2) is 0 Å². The van der Waals surface area contributed by atoms with E-state index < -0.39 is 20.0 Å². The van der Waals surface area contributed by atoms with Crippen LogP contribution < -0.4 is 4.13 Å². The van der Waals surface area contributed by atoms with Gasteiger partial charge in [0, 0.05) is 0 Å². The smallest absolute Gasteiger partial charge is 0.212 e. The van der Waals surface area contributed by atoms with Gasteiger partial charge in [-0.05, 0) is 5.92 Å². The number of hydrogen-bond acceptors (Lipinski definition) is 4. The lowest BCUT2D eigenvalue weighted by molar-refractivity contribution is 0.557. The van der Waals surface area contributed by atoms with Crippen LogP contribution in [-0.4, -0.2) is 28.8 Å². The summed E-state index contributed by atoms with van der Waals surface area (Å²) in [4.78, 5) is 0. The fraction of sp³-hybridized carbons (Fsp3) is 1.00. The van der Waals surface area contributed by atoms with E-state index >= 15 is 0 Å². The van der Waals surface area contributed by atoms with Crippen molar-refractivity contribution >= 4 is 20.0 Å². The number of sulfonamides is 2. The first kappa shape index (κ1) is 12.9. The van der Waals surface area contributed by atoms with Gasteiger partial charge in [-0.25, -0.2) is 16.8 Å². The van der Waals surface area contributed by atoms with Crippen LogP contribution in [0.2, 0.25) is 0 Å². The topological polar surface area (TPSA) is 80.3 Å². The monoisotopic (exact) mass is 229 g/mol. The molecule has 1 atom stereocenters. The van der Waals surface area contributed by atoms with E-state index in [1.54, 1.807) is 11.1 Å². The molecule has 1 N–H and O–H groups in total. The van der Waals surface area contributed by atoms with E-state index in [1.165, 1.54) is 0 Å². The molecular weight excluding hydrogens is 214 g/mol. The van der Waals surface area contributed by atoms with Crippen LogP contribution in [0.1, 0.15) is 20.3 Å². The molecule has 0 spiro atoms. The summed E-state index contributed by atoms with van der Waals surface area (Å²) >= 11 is 0. The fourth-order valence-corrected chi connectivity index (χ4v) is 3.86. The lowest BCUT2D eigenvalue weighted by Crippen LogP contribution is -2.33. The molecule has 0 aliphatic heterocycles. The zero-order valence-electron chi connectivity index (χ0n) is 7.94. The molecule has 1 unspecified atom stereocenters. The van der Waals surface area contributed by atoms with Crippen LogP contribution in [0.3, 0.4) is 0 Å². The first-order valence-electron chi connectivity index (χ1n) is 3.87. The molecule has 0 radical (unpaired) electrons. The molecule has 0 aliphatic rings. The summed E-state index contributed by atoms with van der Waals surface area (Å²) in [5, 5.41) is 0. The number of rotatable bonds is 5. The van der Waals surface area contributed by atoms with Gasteiger partial charge in [0.25, 0.3) is 0 Å². The first-order valence-corrected chi connectivity index (χ1v) is 7.42. The number of hydrogen-bond donors (Lipinski definition) is 1. The van der Waals surface area contributed by atoms with Crippen molar-refractivity contribution < 1.29 is 16.8 Å². The van der Waals surface area contributed by atoms with Gasteiger partial charge < -0.3 is 0 Å². The molecule has 0 saturated heterocycles. The molecule has 13 heavy (non-hydrogen) atoms. The summed E-state index contributed by atoms with van der Waals surface area (Å²) in [6, 6.07) is 0. The molecule has 5 nitrogen and oxygen atoms in total. The minimum atomic E-state index is -3.69. The van der Waals surface area contributed by atoms with Crippen LogP contribution in [0.4, 0.5) is 0 Å².